The highest BCUT2D eigenvalue weighted by Crippen LogP contribution is 2.27. The molecular formula is C16H18N2O2. The Morgan fingerprint density at radius 3 is 3.05 bits per heavy atom. The first-order valence-electron chi connectivity index (χ1n) is 7.32. The maximum Gasteiger partial charge on any atom is 0.289 e. The third-order valence-corrected chi connectivity index (χ3v) is 4.52. The van der Waals surface area contributed by atoms with E-state index < -0.39 is 0 Å². The number of rotatable bonds is 1. The minimum atomic E-state index is 0.0254. The molecule has 1 N–H and O–H groups in total. The van der Waals surface area contributed by atoms with Gasteiger partial charge < -0.3 is 14.6 Å². The summed E-state index contributed by atoms with van der Waals surface area (Å²) in [5, 5.41) is 4.51. The van der Waals surface area contributed by atoms with E-state index in [0.717, 1.165) is 30.6 Å². The molecule has 1 aromatic heterocycles. The van der Waals surface area contributed by atoms with Crippen molar-refractivity contribution in [1.29, 1.82) is 0 Å². The van der Waals surface area contributed by atoms with Gasteiger partial charge >= 0.3 is 0 Å². The minimum absolute atomic E-state index is 0.0254. The van der Waals surface area contributed by atoms with Gasteiger partial charge in [0.1, 0.15) is 5.58 Å². The Labute approximate surface area is 117 Å². The van der Waals surface area contributed by atoms with Gasteiger partial charge in [-0.25, -0.2) is 0 Å². The predicted molar refractivity (Wildman–Crippen MR) is 76.6 cm³/mol. The second-order valence-corrected chi connectivity index (χ2v) is 5.82. The van der Waals surface area contributed by atoms with Gasteiger partial charge in [0.2, 0.25) is 0 Å². The maximum absolute atomic E-state index is 12.6. The van der Waals surface area contributed by atoms with Gasteiger partial charge in [-0.05, 0) is 37.4 Å². The molecule has 0 bridgehead atoms. The fraction of sp³-hybridized carbons (Fsp3) is 0.438. The van der Waals surface area contributed by atoms with Crippen LogP contribution in [0.25, 0.3) is 11.0 Å². The summed E-state index contributed by atoms with van der Waals surface area (Å²) in [7, 11) is 0. The van der Waals surface area contributed by atoms with Crippen molar-refractivity contribution in [2.45, 2.75) is 18.9 Å². The number of furan rings is 1. The van der Waals surface area contributed by atoms with Crippen molar-refractivity contribution in [3.63, 3.8) is 0 Å². The molecular weight excluding hydrogens is 252 g/mol. The molecule has 1 amide bonds. The van der Waals surface area contributed by atoms with E-state index in [1.54, 1.807) is 0 Å². The number of hydrogen-bond acceptors (Lipinski definition) is 3. The Morgan fingerprint density at radius 1 is 1.30 bits per heavy atom. The number of likely N-dealkylation sites (tertiary alicyclic amines) is 1. The van der Waals surface area contributed by atoms with Gasteiger partial charge in [0.25, 0.3) is 5.91 Å². The molecule has 1 aromatic carbocycles. The molecule has 2 aromatic rings. The average molecular weight is 270 g/mol. The third kappa shape index (κ3) is 1.91. The van der Waals surface area contributed by atoms with Gasteiger partial charge in [0.05, 0.1) is 0 Å². The Hall–Kier alpha value is -1.81. The Kier molecular flexibility index (Phi) is 2.77. The molecule has 4 heteroatoms. The summed E-state index contributed by atoms with van der Waals surface area (Å²) in [6.45, 7) is 2.74. The van der Waals surface area contributed by atoms with E-state index in [-0.39, 0.29) is 5.91 Å². The average Bonchev–Trinajstić information content (AvgIpc) is 3.10. The molecule has 2 aliphatic rings. The van der Waals surface area contributed by atoms with E-state index in [2.05, 4.69) is 5.32 Å². The number of piperidine rings is 1. The van der Waals surface area contributed by atoms with Crippen molar-refractivity contribution in [3.8, 4) is 0 Å². The molecule has 104 valence electrons. The van der Waals surface area contributed by atoms with Crippen molar-refractivity contribution in [2.75, 3.05) is 19.6 Å². The molecule has 20 heavy (non-hydrogen) atoms. The Bertz CT molecular complexity index is 602. The number of fused-ring (bicyclic) bond motifs is 2. The van der Waals surface area contributed by atoms with Crippen LogP contribution in [0.4, 0.5) is 0 Å². The Balaban J connectivity index is 1.58. The molecule has 2 saturated heterocycles. The molecule has 0 unspecified atom stereocenters. The Morgan fingerprint density at radius 2 is 2.20 bits per heavy atom. The first kappa shape index (κ1) is 12.0. The maximum atomic E-state index is 12.6. The standard InChI is InChI=1S/C16H18N2O2/c19-16(15-8-11-4-1-2-6-14(11)20-15)18-9-12-5-3-7-17-13(12)10-18/h1-2,4,6,8,12-13,17H,3,5,7,9-10H2/t12-,13+/m0/s1. The zero-order chi connectivity index (χ0) is 13.5. The molecule has 0 saturated carbocycles. The van der Waals surface area contributed by atoms with Crippen molar-refractivity contribution in [3.05, 3.63) is 36.1 Å². The summed E-state index contributed by atoms with van der Waals surface area (Å²) in [4.78, 5) is 14.5. The van der Waals surface area contributed by atoms with E-state index in [4.69, 9.17) is 4.42 Å². The largest absolute Gasteiger partial charge is 0.451 e. The molecule has 2 fully saturated rings. The molecule has 2 aliphatic heterocycles. The van der Waals surface area contributed by atoms with Crippen molar-refractivity contribution in [2.24, 2.45) is 5.92 Å². The first-order valence-corrected chi connectivity index (χ1v) is 7.32. The molecule has 0 radical (unpaired) electrons. The smallest absolute Gasteiger partial charge is 0.289 e. The second-order valence-electron chi connectivity index (χ2n) is 5.82. The van der Waals surface area contributed by atoms with Crippen LogP contribution in [-0.2, 0) is 0 Å². The first-order chi connectivity index (χ1) is 9.81. The number of para-hydroxylation sites is 1. The zero-order valence-electron chi connectivity index (χ0n) is 11.3. The lowest BCUT2D eigenvalue weighted by Gasteiger charge is -2.24. The van der Waals surface area contributed by atoms with Crippen LogP contribution in [0.1, 0.15) is 23.4 Å². The number of benzene rings is 1. The lowest BCUT2D eigenvalue weighted by molar-refractivity contribution is 0.0756. The van der Waals surface area contributed by atoms with E-state index in [0.29, 0.717) is 17.7 Å². The normalized spacial score (nSPS) is 25.9. The van der Waals surface area contributed by atoms with E-state index in [1.165, 1.54) is 12.8 Å². The summed E-state index contributed by atoms with van der Waals surface area (Å²) in [5.41, 5.74) is 0.783. The third-order valence-electron chi connectivity index (χ3n) is 4.52. The molecule has 4 nitrogen and oxygen atoms in total. The number of nitrogens with one attached hydrogen (secondary N) is 1. The summed E-state index contributed by atoms with van der Waals surface area (Å²) in [5.74, 6) is 1.10. The molecule has 3 heterocycles. The van der Waals surface area contributed by atoms with Gasteiger partial charge in [0, 0.05) is 24.5 Å². The number of nitrogens with zero attached hydrogens (tertiary/aromatic N) is 1. The van der Waals surface area contributed by atoms with Crippen LogP contribution in [0, 0.1) is 5.92 Å². The van der Waals surface area contributed by atoms with Crippen LogP contribution >= 0.6 is 0 Å². The van der Waals surface area contributed by atoms with Gasteiger partial charge in [-0.15, -0.1) is 0 Å². The quantitative estimate of drug-likeness (QED) is 0.864. The zero-order valence-corrected chi connectivity index (χ0v) is 11.3. The van der Waals surface area contributed by atoms with Crippen LogP contribution < -0.4 is 5.32 Å². The highest BCUT2D eigenvalue weighted by molar-refractivity contribution is 5.96. The lowest BCUT2D eigenvalue weighted by Crippen LogP contribution is -2.41. The molecule has 0 spiro atoms. The van der Waals surface area contributed by atoms with Crippen molar-refractivity contribution < 1.29 is 9.21 Å². The molecule has 4 rings (SSSR count). The number of amides is 1. The summed E-state index contributed by atoms with van der Waals surface area (Å²) >= 11 is 0. The second kappa shape index (κ2) is 4.63. The fourth-order valence-electron chi connectivity index (χ4n) is 3.46. The van der Waals surface area contributed by atoms with Crippen LogP contribution in [0.15, 0.2) is 34.7 Å². The van der Waals surface area contributed by atoms with Crippen LogP contribution in [0.3, 0.4) is 0 Å². The van der Waals surface area contributed by atoms with Gasteiger partial charge in [-0.3, -0.25) is 4.79 Å². The van der Waals surface area contributed by atoms with Gasteiger partial charge in [-0.1, -0.05) is 18.2 Å². The van der Waals surface area contributed by atoms with E-state index in [1.807, 2.05) is 35.2 Å². The van der Waals surface area contributed by atoms with Crippen LogP contribution in [0.2, 0.25) is 0 Å². The number of carbonyl (C=O) groups is 1. The fourth-order valence-corrected chi connectivity index (χ4v) is 3.46. The lowest BCUT2D eigenvalue weighted by atomic mass is 9.94. The van der Waals surface area contributed by atoms with Gasteiger partial charge in [0.15, 0.2) is 5.76 Å². The van der Waals surface area contributed by atoms with E-state index >= 15 is 0 Å². The topological polar surface area (TPSA) is 45.5 Å². The van der Waals surface area contributed by atoms with Crippen LogP contribution in [0.5, 0.6) is 0 Å². The van der Waals surface area contributed by atoms with Crippen molar-refractivity contribution >= 4 is 16.9 Å². The summed E-state index contributed by atoms with van der Waals surface area (Å²) in [6, 6.07) is 10.1. The van der Waals surface area contributed by atoms with E-state index in [9.17, 15) is 4.79 Å². The number of hydrogen-bond donors (Lipinski definition) is 1. The van der Waals surface area contributed by atoms with Crippen LogP contribution in [-0.4, -0.2) is 36.5 Å². The SMILES string of the molecule is O=C(c1cc2ccccc2o1)N1C[C@@H]2CCCN[C@@H]2C1. The molecule has 0 aliphatic carbocycles. The number of carbonyl (C=O) groups excluding carboxylic acids is 1. The van der Waals surface area contributed by atoms with Crippen molar-refractivity contribution in [1.82, 2.24) is 10.2 Å². The van der Waals surface area contributed by atoms with Gasteiger partial charge in [-0.2, -0.15) is 0 Å². The molecule has 2 atom stereocenters. The minimum Gasteiger partial charge on any atom is -0.451 e. The highest BCUT2D eigenvalue weighted by atomic mass is 16.3. The highest BCUT2D eigenvalue weighted by Gasteiger charge is 2.37. The monoisotopic (exact) mass is 270 g/mol. The summed E-state index contributed by atoms with van der Waals surface area (Å²) < 4.78 is 5.68. The predicted octanol–water partition coefficient (Wildman–Crippen LogP) is 2.26. The summed E-state index contributed by atoms with van der Waals surface area (Å²) in [6.07, 6.45) is 2.44.